The first-order valence-electron chi connectivity index (χ1n) is 10.2. The van der Waals surface area contributed by atoms with Crippen LogP contribution in [-0.2, 0) is 11.0 Å². The average Bonchev–Trinajstić information content (AvgIpc) is 3.34. The number of carbonyl (C=O) groups is 1. The van der Waals surface area contributed by atoms with Crippen molar-refractivity contribution in [3.05, 3.63) is 54.4 Å². The van der Waals surface area contributed by atoms with Crippen molar-refractivity contribution in [3.63, 3.8) is 0 Å². The van der Waals surface area contributed by atoms with Crippen LogP contribution >= 0.6 is 11.9 Å². The summed E-state index contributed by atoms with van der Waals surface area (Å²) < 4.78 is 41.3. The number of rotatable bonds is 3. The number of H-pyrrole nitrogens is 1. The SMILES string of the molecule is O=C1N(c2cccc(C(F)(F)F)n2)CCC12CCN(Sc1ccc3cc[nH]c3c1)CC2. The number of halogens is 3. The van der Waals surface area contributed by atoms with Gasteiger partial charge in [0.2, 0.25) is 5.91 Å². The van der Waals surface area contributed by atoms with Crippen LogP contribution in [-0.4, -0.2) is 39.8 Å². The highest BCUT2D eigenvalue weighted by molar-refractivity contribution is 7.97. The smallest absolute Gasteiger partial charge is 0.361 e. The second-order valence-corrected chi connectivity index (χ2v) is 9.28. The molecule has 1 N–H and O–H groups in total. The minimum Gasteiger partial charge on any atom is -0.361 e. The molecule has 2 aliphatic rings. The number of pyridine rings is 1. The van der Waals surface area contributed by atoms with Crippen molar-refractivity contribution in [2.24, 2.45) is 5.41 Å². The van der Waals surface area contributed by atoms with E-state index in [1.807, 2.05) is 12.3 Å². The predicted octanol–water partition coefficient (Wildman–Crippen LogP) is 5.11. The van der Waals surface area contributed by atoms with Crippen LogP contribution in [0.25, 0.3) is 10.9 Å². The van der Waals surface area contributed by atoms with Gasteiger partial charge in [-0.05, 0) is 66.9 Å². The van der Waals surface area contributed by atoms with Crippen LogP contribution in [0.2, 0.25) is 0 Å². The van der Waals surface area contributed by atoms with E-state index in [1.165, 1.54) is 22.4 Å². The molecule has 1 spiro atoms. The maximum absolute atomic E-state index is 13.2. The van der Waals surface area contributed by atoms with Crippen LogP contribution in [0.15, 0.2) is 53.6 Å². The first-order valence-corrected chi connectivity index (χ1v) is 11.0. The highest BCUT2D eigenvalue weighted by Gasteiger charge is 2.49. The van der Waals surface area contributed by atoms with Crippen LogP contribution < -0.4 is 4.90 Å². The summed E-state index contributed by atoms with van der Waals surface area (Å²) in [5.74, 6) is -0.00969. The fourth-order valence-corrected chi connectivity index (χ4v) is 5.44. The Hall–Kier alpha value is -2.52. The summed E-state index contributed by atoms with van der Waals surface area (Å²) in [6, 6.07) is 12.0. The number of hydrogen-bond donors (Lipinski definition) is 1. The van der Waals surface area contributed by atoms with E-state index in [0.717, 1.165) is 29.6 Å². The molecule has 3 aromatic rings. The van der Waals surface area contributed by atoms with Crippen molar-refractivity contribution in [3.8, 4) is 0 Å². The second kappa shape index (κ2) is 7.56. The third-order valence-electron chi connectivity index (χ3n) is 6.25. The minimum atomic E-state index is -4.53. The van der Waals surface area contributed by atoms with Crippen LogP contribution in [0.3, 0.4) is 0 Å². The van der Waals surface area contributed by atoms with Crippen LogP contribution in [0.5, 0.6) is 0 Å². The highest BCUT2D eigenvalue weighted by atomic mass is 32.2. The number of aromatic amines is 1. The molecule has 0 radical (unpaired) electrons. The molecule has 2 saturated heterocycles. The Morgan fingerprint density at radius 1 is 1.03 bits per heavy atom. The van der Waals surface area contributed by atoms with E-state index in [0.29, 0.717) is 25.8 Å². The van der Waals surface area contributed by atoms with Crippen LogP contribution in [0.4, 0.5) is 19.0 Å². The monoisotopic (exact) mass is 446 g/mol. The first kappa shape index (κ1) is 20.4. The van der Waals surface area contributed by atoms with E-state index in [-0.39, 0.29) is 11.7 Å². The van der Waals surface area contributed by atoms with E-state index in [2.05, 4.69) is 32.5 Å². The van der Waals surface area contributed by atoms with Crippen molar-refractivity contribution in [2.75, 3.05) is 24.5 Å². The van der Waals surface area contributed by atoms with Gasteiger partial charge in [0.15, 0.2) is 0 Å². The Morgan fingerprint density at radius 2 is 1.81 bits per heavy atom. The zero-order chi connectivity index (χ0) is 21.6. The maximum atomic E-state index is 13.2. The van der Waals surface area contributed by atoms with Gasteiger partial charge in [-0.3, -0.25) is 9.69 Å². The summed E-state index contributed by atoms with van der Waals surface area (Å²) in [5, 5.41) is 1.17. The van der Waals surface area contributed by atoms with Crippen LogP contribution in [0.1, 0.15) is 25.0 Å². The molecule has 31 heavy (non-hydrogen) atoms. The molecule has 5 rings (SSSR count). The number of carbonyl (C=O) groups excluding carboxylic acids is 1. The molecular formula is C22H21F3N4OS. The molecule has 1 aromatic carbocycles. The molecule has 2 aromatic heterocycles. The second-order valence-electron chi connectivity index (χ2n) is 8.11. The van der Waals surface area contributed by atoms with Gasteiger partial charge < -0.3 is 4.98 Å². The molecule has 5 nitrogen and oxygen atoms in total. The summed E-state index contributed by atoms with van der Waals surface area (Å²) in [7, 11) is 0. The molecule has 0 bridgehead atoms. The van der Waals surface area contributed by atoms with Gasteiger partial charge in [-0.25, -0.2) is 9.29 Å². The zero-order valence-electron chi connectivity index (χ0n) is 16.7. The number of aromatic nitrogens is 2. The largest absolute Gasteiger partial charge is 0.433 e. The van der Waals surface area contributed by atoms with E-state index in [1.54, 1.807) is 11.9 Å². The molecule has 2 aliphatic heterocycles. The van der Waals surface area contributed by atoms with Gasteiger partial charge in [-0.1, -0.05) is 12.1 Å². The van der Waals surface area contributed by atoms with Crippen LogP contribution in [0, 0.1) is 5.41 Å². The molecule has 162 valence electrons. The number of nitrogens with one attached hydrogen (secondary N) is 1. The molecule has 4 heterocycles. The van der Waals surface area contributed by atoms with E-state index in [9.17, 15) is 18.0 Å². The van der Waals surface area contributed by atoms with Gasteiger partial charge in [0.05, 0.1) is 5.41 Å². The molecule has 0 aliphatic carbocycles. The van der Waals surface area contributed by atoms with E-state index in [4.69, 9.17) is 0 Å². The Bertz CT molecular complexity index is 1120. The Morgan fingerprint density at radius 3 is 2.58 bits per heavy atom. The fraction of sp³-hybridized carbons (Fsp3) is 0.364. The molecule has 0 unspecified atom stereocenters. The Labute approximate surface area is 181 Å². The van der Waals surface area contributed by atoms with E-state index >= 15 is 0 Å². The van der Waals surface area contributed by atoms with Gasteiger partial charge in [0.25, 0.3) is 0 Å². The molecule has 2 fully saturated rings. The van der Waals surface area contributed by atoms with Crippen molar-refractivity contribution in [1.29, 1.82) is 0 Å². The average molecular weight is 446 g/mol. The first-order chi connectivity index (χ1) is 14.8. The summed E-state index contributed by atoms with van der Waals surface area (Å²) in [4.78, 5) is 22.7. The third-order valence-corrected chi connectivity index (χ3v) is 7.34. The molecule has 1 amide bonds. The van der Waals surface area contributed by atoms with Gasteiger partial charge in [-0.15, -0.1) is 0 Å². The summed E-state index contributed by atoms with van der Waals surface area (Å²) in [6.07, 6.45) is -0.572. The van der Waals surface area contributed by atoms with Gasteiger partial charge in [-0.2, -0.15) is 13.2 Å². The van der Waals surface area contributed by atoms with Crippen molar-refractivity contribution < 1.29 is 18.0 Å². The summed E-state index contributed by atoms with van der Waals surface area (Å²) in [5.41, 5.74) is -0.381. The molecule has 0 atom stereocenters. The lowest BCUT2D eigenvalue weighted by molar-refractivity contribution is -0.141. The molecular weight excluding hydrogens is 425 g/mol. The standard InChI is InChI=1S/C22H21F3N4OS/c23-22(24,25)18-2-1-3-19(27-18)29-13-9-21(20(29)30)7-11-28(12-8-21)31-16-5-4-15-6-10-26-17(15)14-16/h1-6,10,14,26H,7-9,11-13H2. The number of nitrogens with zero attached hydrogens (tertiary/aromatic N) is 3. The topological polar surface area (TPSA) is 52.2 Å². The number of hydrogen-bond acceptors (Lipinski definition) is 4. The quantitative estimate of drug-likeness (QED) is 0.569. The Balaban J connectivity index is 1.26. The lowest BCUT2D eigenvalue weighted by Crippen LogP contribution is -2.42. The van der Waals surface area contributed by atoms with E-state index < -0.39 is 17.3 Å². The molecule has 0 saturated carbocycles. The number of alkyl halides is 3. The number of benzene rings is 1. The summed E-state index contributed by atoms with van der Waals surface area (Å²) >= 11 is 1.68. The molecule has 9 heteroatoms. The predicted molar refractivity (Wildman–Crippen MR) is 114 cm³/mol. The fourth-order valence-electron chi connectivity index (χ4n) is 4.47. The summed E-state index contributed by atoms with van der Waals surface area (Å²) in [6.45, 7) is 1.91. The number of amides is 1. The lowest BCUT2D eigenvalue weighted by Gasteiger charge is -2.37. The van der Waals surface area contributed by atoms with Crippen molar-refractivity contribution in [2.45, 2.75) is 30.3 Å². The lowest BCUT2D eigenvalue weighted by atomic mass is 9.77. The Kier molecular flexibility index (Phi) is 4.97. The third kappa shape index (κ3) is 3.80. The maximum Gasteiger partial charge on any atom is 0.433 e. The number of piperidine rings is 1. The van der Waals surface area contributed by atoms with Crippen molar-refractivity contribution >= 4 is 34.6 Å². The normalized spacial score (nSPS) is 19.6. The van der Waals surface area contributed by atoms with Gasteiger partial charge >= 0.3 is 6.18 Å². The zero-order valence-corrected chi connectivity index (χ0v) is 17.5. The van der Waals surface area contributed by atoms with Crippen molar-refractivity contribution in [1.82, 2.24) is 14.3 Å². The highest BCUT2D eigenvalue weighted by Crippen LogP contribution is 2.45. The minimum absolute atomic E-state index is 0.0905. The number of anilines is 1. The van der Waals surface area contributed by atoms with Gasteiger partial charge in [0, 0.05) is 36.2 Å². The van der Waals surface area contributed by atoms with Gasteiger partial charge in [0.1, 0.15) is 11.5 Å². The number of fused-ring (bicyclic) bond motifs is 1.